The number of hydrogen-bond donors (Lipinski definition) is 3. The van der Waals surface area contributed by atoms with Crippen LogP contribution in [-0.4, -0.2) is 59.5 Å². The molecule has 7 heteroatoms. The minimum absolute atomic E-state index is 0.103. The van der Waals surface area contributed by atoms with Crippen molar-refractivity contribution in [2.75, 3.05) is 37.3 Å². The Morgan fingerprint density at radius 2 is 2.04 bits per heavy atom. The molecule has 156 valence electrons. The largest absolute Gasteiger partial charge is 0.367 e. The van der Waals surface area contributed by atoms with Crippen LogP contribution in [-0.2, 0) is 0 Å². The molecule has 0 spiro atoms. The molecular formula is C21H36N6O. The molecule has 1 aliphatic carbocycles. The molecule has 1 amide bonds. The van der Waals surface area contributed by atoms with E-state index >= 15 is 0 Å². The lowest BCUT2D eigenvalue weighted by Crippen LogP contribution is -2.30. The first kappa shape index (κ1) is 20.8. The normalized spacial score (nSPS) is 20.6. The highest BCUT2D eigenvalue weighted by Crippen LogP contribution is 2.24. The summed E-state index contributed by atoms with van der Waals surface area (Å²) in [6.07, 6.45) is 10.0. The molecule has 0 bridgehead atoms. The number of amides is 1. The van der Waals surface area contributed by atoms with E-state index in [9.17, 15) is 4.79 Å². The standard InChI is InChI=1S/C21H36N6O/c1-15(2)13-23-20(28)18-14-24-21(22-11-10-17-9-6-12-27(17)3)26-19(18)25-16-7-4-5-8-16/h14-17H,4-13H2,1-3H3,(H,23,28)(H2,22,24,25,26). The van der Waals surface area contributed by atoms with Gasteiger partial charge in [0.05, 0.1) is 0 Å². The van der Waals surface area contributed by atoms with Crippen LogP contribution in [0.1, 0.15) is 69.2 Å². The molecule has 1 saturated carbocycles. The van der Waals surface area contributed by atoms with Crippen LogP contribution in [0.2, 0.25) is 0 Å². The molecular weight excluding hydrogens is 352 g/mol. The van der Waals surface area contributed by atoms with Crippen molar-refractivity contribution in [2.45, 2.75) is 70.9 Å². The molecule has 1 atom stereocenters. The minimum atomic E-state index is -0.103. The Morgan fingerprint density at radius 3 is 2.71 bits per heavy atom. The number of likely N-dealkylation sites (tertiary alicyclic amines) is 1. The van der Waals surface area contributed by atoms with Crippen molar-refractivity contribution in [3.63, 3.8) is 0 Å². The van der Waals surface area contributed by atoms with Gasteiger partial charge in [-0.1, -0.05) is 26.7 Å². The Hall–Kier alpha value is -1.89. The van der Waals surface area contributed by atoms with Crippen molar-refractivity contribution in [3.8, 4) is 0 Å². The fourth-order valence-electron chi connectivity index (χ4n) is 4.09. The van der Waals surface area contributed by atoms with Gasteiger partial charge in [0.2, 0.25) is 5.95 Å². The Labute approximate surface area is 169 Å². The lowest BCUT2D eigenvalue weighted by atomic mass is 10.1. The maximum Gasteiger partial charge on any atom is 0.256 e. The van der Waals surface area contributed by atoms with Crippen molar-refractivity contribution in [2.24, 2.45) is 5.92 Å². The molecule has 2 fully saturated rings. The van der Waals surface area contributed by atoms with E-state index in [-0.39, 0.29) is 5.91 Å². The summed E-state index contributed by atoms with van der Waals surface area (Å²) in [5, 5.41) is 9.83. The van der Waals surface area contributed by atoms with E-state index in [2.05, 4.69) is 51.7 Å². The summed E-state index contributed by atoms with van der Waals surface area (Å²) in [6.45, 7) is 6.86. The highest BCUT2D eigenvalue weighted by molar-refractivity contribution is 5.98. The first-order chi connectivity index (χ1) is 13.5. The van der Waals surface area contributed by atoms with Crippen molar-refractivity contribution in [3.05, 3.63) is 11.8 Å². The van der Waals surface area contributed by atoms with E-state index < -0.39 is 0 Å². The zero-order valence-electron chi connectivity index (χ0n) is 17.6. The number of nitrogens with zero attached hydrogens (tertiary/aromatic N) is 3. The summed E-state index contributed by atoms with van der Waals surface area (Å²) in [5.41, 5.74) is 0.536. The van der Waals surface area contributed by atoms with E-state index in [1.807, 2.05) is 0 Å². The third kappa shape index (κ3) is 5.80. The van der Waals surface area contributed by atoms with Crippen LogP contribution in [0, 0.1) is 5.92 Å². The van der Waals surface area contributed by atoms with Crippen molar-refractivity contribution in [1.82, 2.24) is 20.2 Å². The quantitative estimate of drug-likeness (QED) is 0.603. The second kappa shape index (κ2) is 10.0. The maximum absolute atomic E-state index is 12.6. The third-order valence-electron chi connectivity index (χ3n) is 5.83. The number of anilines is 2. The monoisotopic (exact) mass is 388 g/mol. The fraction of sp³-hybridized carbons (Fsp3) is 0.762. The predicted molar refractivity (Wildman–Crippen MR) is 114 cm³/mol. The molecule has 0 aromatic carbocycles. The van der Waals surface area contributed by atoms with Crippen molar-refractivity contribution >= 4 is 17.7 Å². The molecule has 1 aromatic heterocycles. The van der Waals surface area contributed by atoms with Crippen molar-refractivity contribution < 1.29 is 4.79 Å². The second-order valence-electron chi connectivity index (χ2n) is 8.68. The van der Waals surface area contributed by atoms with Crippen LogP contribution in [0.3, 0.4) is 0 Å². The van der Waals surface area contributed by atoms with Gasteiger partial charge in [0, 0.05) is 31.4 Å². The summed E-state index contributed by atoms with van der Waals surface area (Å²) in [5.74, 6) is 1.56. The molecule has 28 heavy (non-hydrogen) atoms. The van der Waals surface area contributed by atoms with E-state index in [1.165, 1.54) is 32.2 Å². The number of carbonyl (C=O) groups is 1. The third-order valence-corrected chi connectivity index (χ3v) is 5.83. The summed E-state index contributed by atoms with van der Waals surface area (Å²) in [7, 11) is 2.20. The highest BCUT2D eigenvalue weighted by Gasteiger charge is 2.22. The average Bonchev–Trinajstić information content (AvgIpc) is 3.32. The topological polar surface area (TPSA) is 82.2 Å². The Bertz CT molecular complexity index is 644. The average molecular weight is 389 g/mol. The molecule has 3 rings (SSSR count). The van der Waals surface area contributed by atoms with Crippen LogP contribution in [0.5, 0.6) is 0 Å². The number of nitrogens with one attached hydrogen (secondary N) is 3. The van der Waals surface area contributed by atoms with E-state index in [0.717, 1.165) is 25.8 Å². The first-order valence-electron chi connectivity index (χ1n) is 10.9. The van der Waals surface area contributed by atoms with E-state index in [1.54, 1.807) is 6.20 Å². The van der Waals surface area contributed by atoms with E-state index in [0.29, 0.717) is 41.9 Å². The molecule has 1 saturated heterocycles. The Kier molecular flexibility index (Phi) is 7.48. The molecule has 2 heterocycles. The van der Waals surface area contributed by atoms with Crippen molar-refractivity contribution in [1.29, 1.82) is 0 Å². The summed E-state index contributed by atoms with van der Waals surface area (Å²) in [6, 6.07) is 1.04. The van der Waals surface area contributed by atoms with Crippen LogP contribution in [0.4, 0.5) is 11.8 Å². The number of aromatic nitrogens is 2. The summed E-state index contributed by atoms with van der Waals surface area (Å²) >= 11 is 0. The molecule has 3 N–H and O–H groups in total. The van der Waals surface area contributed by atoms with Gasteiger partial charge in [-0.2, -0.15) is 4.98 Å². The summed E-state index contributed by atoms with van der Waals surface area (Å²) < 4.78 is 0. The van der Waals surface area contributed by atoms with Gasteiger partial charge in [-0.25, -0.2) is 4.98 Å². The lowest BCUT2D eigenvalue weighted by Gasteiger charge is -2.20. The van der Waals surface area contributed by atoms with Crippen LogP contribution >= 0.6 is 0 Å². The van der Waals surface area contributed by atoms with Gasteiger partial charge in [-0.15, -0.1) is 0 Å². The first-order valence-corrected chi connectivity index (χ1v) is 10.9. The Morgan fingerprint density at radius 1 is 1.25 bits per heavy atom. The van der Waals surface area contributed by atoms with Crippen LogP contribution < -0.4 is 16.0 Å². The SMILES string of the molecule is CC(C)CNC(=O)c1cnc(NCCC2CCCN2C)nc1NC1CCCC1. The molecule has 0 radical (unpaired) electrons. The zero-order valence-corrected chi connectivity index (χ0v) is 17.6. The van der Waals surface area contributed by atoms with E-state index in [4.69, 9.17) is 0 Å². The predicted octanol–water partition coefficient (Wildman–Crippen LogP) is 3.11. The smallest absolute Gasteiger partial charge is 0.256 e. The zero-order chi connectivity index (χ0) is 19.9. The maximum atomic E-state index is 12.6. The summed E-state index contributed by atoms with van der Waals surface area (Å²) in [4.78, 5) is 24.1. The van der Waals surface area contributed by atoms with Gasteiger partial charge in [-0.3, -0.25) is 4.79 Å². The van der Waals surface area contributed by atoms with Gasteiger partial charge < -0.3 is 20.9 Å². The minimum Gasteiger partial charge on any atom is -0.367 e. The lowest BCUT2D eigenvalue weighted by molar-refractivity contribution is 0.0949. The molecule has 1 aliphatic heterocycles. The fourth-order valence-corrected chi connectivity index (χ4v) is 4.09. The van der Waals surface area contributed by atoms with Gasteiger partial charge in [0.25, 0.3) is 5.91 Å². The van der Waals surface area contributed by atoms with Gasteiger partial charge >= 0.3 is 0 Å². The highest BCUT2D eigenvalue weighted by atomic mass is 16.1. The molecule has 2 aliphatic rings. The van der Waals surface area contributed by atoms with Gasteiger partial charge in [0.1, 0.15) is 11.4 Å². The number of carbonyl (C=O) groups excluding carboxylic acids is 1. The molecule has 1 aromatic rings. The van der Waals surface area contributed by atoms with Gasteiger partial charge in [0.15, 0.2) is 0 Å². The Balaban J connectivity index is 1.64. The van der Waals surface area contributed by atoms with Crippen LogP contribution in [0.25, 0.3) is 0 Å². The van der Waals surface area contributed by atoms with Gasteiger partial charge in [-0.05, 0) is 51.6 Å². The molecule has 7 nitrogen and oxygen atoms in total. The number of hydrogen-bond acceptors (Lipinski definition) is 6. The number of rotatable bonds is 9. The molecule has 1 unspecified atom stereocenters. The van der Waals surface area contributed by atoms with Crippen LogP contribution in [0.15, 0.2) is 6.20 Å². The second-order valence-corrected chi connectivity index (χ2v) is 8.68.